The monoisotopic (exact) mass is 300 g/mol. The highest BCUT2D eigenvalue weighted by atomic mass is 19.4. The molecule has 0 bridgehead atoms. The molecule has 1 saturated carbocycles. The molecule has 3 atom stereocenters. The van der Waals surface area contributed by atoms with Gasteiger partial charge in [0, 0.05) is 6.04 Å². The van der Waals surface area contributed by atoms with E-state index in [1.807, 2.05) is 0 Å². The van der Waals surface area contributed by atoms with Gasteiger partial charge in [-0.25, -0.2) is 0 Å². The molecule has 2 rings (SSSR count). The van der Waals surface area contributed by atoms with Crippen LogP contribution in [0.15, 0.2) is 24.3 Å². The van der Waals surface area contributed by atoms with Crippen molar-refractivity contribution in [2.24, 2.45) is 17.7 Å². The second-order valence-corrected chi connectivity index (χ2v) is 5.88. The molecular weight excluding hydrogens is 277 g/mol. The summed E-state index contributed by atoms with van der Waals surface area (Å²) in [6.45, 7) is 2.14. The number of benzene rings is 1. The van der Waals surface area contributed by atoms with E-state index in [1.54, 1.807) is 6.07 Å². The molecule has 0 radical (unpaired) electrons. The molecule has 2 nitrogen and oxygen atoms in total. The summed E-state index contributed by atoms with van der Waals surface area (Å²) in [5.41, 5.74) is 2.79. The van der Waals surface area contributed by atoms with Gasteiger partial charge in [0.25, 0.3) is 0 Å². The Morgan fingerprint density at radius 3 is 2.62 bits per heavy atom. The number of alkyl halides is 3. The van der Waals surface area contributed by atoms with Gasteiger partial charge in [0.15, 0.2) is 0 Å². The zero-order valence-electron chi connectivity index (χ0n) is 12.3. The third-order valence-corrected chi connectivity index (χ3v) is 4.67. The maximum Gasteiger partial charge on any atom is 0.416 e. The lowest BCUT2D eigenvalue weighted by atomic mass is 9.72. The van der Waals surface area contributed by atoms with Gasteiger partial charge in [0.05, 0.1) is 5.56 Å². The fourth-order valence-corrected chi connectivity index (χ4v) is 3.56. The zero-order valence-corrected chi connectivity index (χ0v) is 12.3. The minimum Gasteiger partial charge on any atom is -0.271 e. The first-order chi connectivity index (χ1) is 9.97. The molecule has 0 heterocycles. The summed E-state index contributed by atoms with van der Waals surface area (Å²) in [5.74, 6) is 6.51. The summed E-state index contributed by atoms with van der Waals surface area (Å²) in [7, 11) is 0. The molecule has 1 aromatic carbocycles. The van der Waals surface area contributed by atoms with Gasteiger partial charge in [-0.15, -0.1) is 0 Å². The topological polar surface area (TPSA) is 38.0 Å². The van der Waals surface area contributed by atoms with Gasteiger partial charge >= 0.3 is 6.18 Å². The summed E-state index contributed by atoms with van der Waals surface area (Å²) in [4.78, 5) is 0. The molecule has 3 N–H and O–H groups in total. The van der Waals surface area contributed by atoms with Crippen molar-refractivity contribution in [3.05, 3.63) is 35.4 Å². The molecule has 1 aliphatic rings. The highest BCUT2D eigenvalue weighted by Crippen LogP contribution is 2.41. The number of halogens is 3. The van der Waals surface area contributed by atoms with Gasteiger partial charge < -0.3 is 0 Å². The normalized spacial score (nSPS) is 24.8. The van der Waals surface area contributed by atoms with Gasteiger partial charge in [0.1, 0.15) is 0 Å². The number of hydrogen-bond donors (Lipinski definition) is 2. The Morgan fingerprint density at radius 2 is 2.00 bits per heavy atom. The molecule has 1 aliphatic carbocycles. The first kappa shape index (κ1) is 16.3. The van der Waals surface area contributed by atoms with E-state index >= 15 is 0 Å². The molecule has 21 heavy (non-hydrogen) atoms. The van der Waals surface area contributed by atoms with Gasteiger partial charge in [-0.2, -0.15) is 13.2 Å². The molecule has 0 spiro atoms. The van der Waals surface area contributed by atoms with Gasteiger partial charge in [0.2, 0.25) is 0 Å². The molecule has 0 amide bonds. The molecule has 118 valence electrons. The van der Waals surface area contributed by atoms with Crippen molar-refractivity contribution in [3.8, 4) is 0 Å². The van der Waals surface area contributed by atoms with Crippen LogP contribution in [0.5, 0.6) is 0 Å². The maximum atomic E-state index is 12.9. The van der Waals surface area contributed by atoms with Crippen LogP contribution in [0, 0.1) is 11.8 Å². The number of hydrogen-bond acceptors (Lipinski definition) is 2. The third kappa shape index (κ3) is 3.77. The van der Waals surface area contributed by atoms with Crippen molar-refractivity contribution in [2.75, 3.05) is 0 Å². The zero-order chi connectivity index (χ0) is 15.5. The minimum absolute atomic E-state index is 0.211. The van der Waals surface area contributed by atoms with Crippen LogP contribution in [0.1, 0.15) is 56.2 Å². The maximum absolute atomic E-state index is 12.9. The van der Waals surface area contributed by atoms with E-state index in [4.69, 9.17) is 5.84 Å². The van der Waals surface area contributed by atoms with E-state index in [0.29, 0.717) is 17.4 Å². The van der Waals surface area contributed by atoms with Crippen LogP contribution in [0.2, 0.25) is 0 Å². The number of nitrogens with one attached hydrogen (secondary N) is 1. The van der Waals surface area contributed by atoms with Crippen LogP contribution in [0.3, 0.4) is 0 Å². The van der Waals surface area contributed by atoms with Gasteiger partial charge in [-0.3, -0.25) is 11.3 Å². The highest BCUT2D eigenvalue weighted by Gasteiger charge is 2.34. The van der Waals surface area contributed by atoms with E-state index in [-0.39, 0.29) is 6.04 Å². The van der Waals surface area contributed by atoms with Crippen molar-refractivity contribution in [1.29, 1.82) is 0 Å². The van der Waals surface area contributed by atoms with Crippen molar-refractivity contribution in [3.63, 3.8) is 0 Å². The molecule has 0 aliphatic heterocycles. The Kier molecular flexibility index (Phi) is 5.27. The number of nitrogens with two attached hydrogens (primary N) is 1. The largest absolute Gasteiger partial charge is 0.416 e. The number of rotatable bonds is 4. The Morgan fingerprint density at radius 1 is 1.29 bits per heavy atom. The lowest BCUT2D eigenvalue weighted by Crippen LogP contribution is -2.38. The minimum atomic E-state index is -4.31. The van der Waals surface area contributed by atoms with Crippen LogP contribution in [0.4, 0.5) is 13.2 Å². The van der Waals surface area contributed by atoms with Crippen LogP contribution in [-0.4, -0.2) is 0 Å². The third-order valence-electron chi connectivity index (χ3n) is 4.67. The van der Waals surface area contributed by atoms with E-state index < -0.39 is 11.7 Å². The fourth-order valence-electron chi connectivity index (χ4n) is 3.56. The number of hydrazine groups is 1. The average molecular weight is 300 g/mol. The summed E-state index contributed by atoms with van der Waals surface area (Å²) >= 11 is 0. The highest BCUT2D eigenvalue weighted by molar-refractivity contribution is 5.28. The summed E-state index contributed by atoms with van der Waals surface area (Å²) in [6.07, 6.45) is 1.21. The molecule has 0 aromatic heterocycles. The van der Waals surface area contributed by atoms with Crippen molar-refractivity contribution < 1.29 is 13.2 Å². The quantitative estimate of drug-likeness (QED) is 0.638. The summed E-state index contributed by atoms with van der Waals surface area (Å²) in [5, 5.41) is 0. The van der Waals surface area contributed by atoms with Crippen LogP contribution >= 0.6 is 0 Å². The van der Waals surface area contributed by atoms with E-state index in [1.165, 1.54) is 18.6 Å². The standard InChI is InChI=1S/C16H23F3N2/c1-2-11-6-3-4-9-14(11)15(21-20)12-7-5-8-13(10-12)16(17,18)19/h5,7-8,10-11,14-15,21H,2-4,6,9,20H2,1H3. The van der Waals surface area contributed by atoms with Crippen molar-refractivity contribution in [2.45, 2.75) is 51.2 Å². The van der Waals surface area contributed by atoms with Gasteiger partial charge in [-0.05, 0) is 36.0 Å². The lowest BCUT2D eigenvalue weighted by Gasteiger charge is -2.37. The molecule has 0 saturated heterocycles. The molecule has 3 unspecified atom stereocenters. The summed E-state index contributed by atoms with van der Waals surface area (Å²) < 4.78 is 38.6. The second-order valence-electron chi connectivity index (χ2n) is 5.88. The van der Waals surface area contributed by atoms with E-state index in [2.05, 4.69) is 12.3 Å². The predicted octanol–water partition coefficient (Wildman–Crippen LogP) is 4.43. The average Bonchev–Trinajstić information content (AvgIpc) is 2.48. The predicted molar refractivity (Wildman–Crippen MR) is 77.2 cm³/mol. The lowest BCUT2D eigenvalue weighted by molar-refractivity contribution is -0.137. The Balaban J connectivity index is 2.28. The first-order valence-corrected chi connectivity index (χ1v) is 7.60. The fraction of sp³-hybridized carbons (Fsp3) is 0.625. The Labute approximate surface area is 123 Å². The van der Waals surface area contributed by atoms with E-state index in [0.717, 1.165) is 31.7 Å². The SMILES string of the molecule is CCC1CCCCC1C(NN)c1cccc(C(F)(F)F)c1. The smallest absolute Gasteiger partial charge is 0.271 e. The molecule has 5 heteroatoms. The molecular formula is C16H23F3N2. The van der Waals surface area contributed by atoms with Crippen molar-refractivity contribution in [1.82, 2.24) is 5.43 Å². The van der Waals surface area contributed by atoms with Crippen LogP contribution in [-0.2, 0) is 6.18 Å². The molecule has 1 aromatic rings. The van der Waals surface area contributed by atoms with Crippen LogP contribution in [0.25, 0.3) is 0 Å². The van der Waals surface area contributed by atoms with Crippen LogP contribution < -0.4 is 11.3 Å². The first-order valence-electron chi connectivity index (χ1n) is 7.60. The van der Waals surface area contributed by atoms with Gasteiger partial charge in [-0.1, -0.05) is 44.7 Å². The van der Waals surface area contributed by atoms with Crippen molar-refractivity contribution >= 4 is 0 Å². The Hall–Kier alpha value is -1.07. The summed E-state index contributed by atoms with van der Waals surface area (Å²) in [6, 6.07) is 5.33. The molecule has 1 fully saturated rings. The van der Waals surface area contributed by atoms with E-state index in [9.17, 15) is 13.2 Å². The second kappa shape index (κ2) is 6.79. The Bertz CT molecular complexity index is 459.